The number of halogens is 1. The van der Waals surface area contributed by atoms with Gasteiger partial charge in [0.15, 0.2) is 11.5 Å². The lowest BCUT2D eigenvalue weighted by Gasteiger charge is -2.14. The van der Waals surface area contributed by atoms with E-state index in [0.717, 1.165) is 15.6 Å². The fraction of sp³-hybridized carbons (Fsp3) is 0.250. The van der Waals surface area contributed by atoms with Crippen LogP contribution in [0.1, 0.15) is 22.8 Å². The molecule has 0 saturated heterocycles. The Hall–Kier alpha value is -1.52. The minimum Gasteiger partial charge on any atom is -0.454 e. The number of rotatable bonds is 3. The standard InChI is InChI=1S/C16H15BrO3/c1-10-4-2-3-5-11(10)7-14(18)12-6-13(17)16-15(8-12)19-9-20-16/h2-6,8,14,18H,7,9H2,1H3. The molecule has 0 saturated carbocycles. The van der Waals surface area contributed by atoms with Crippen LogP contribution < -0.4 is 9.47 Å². The second kappa shape index (κ2) is 5.46. The van der Waals surface area contributed by atoms with Crippen molar-refractivity contribution in [3.05, 3.63) is 57.6 Å². The first-order valence-corrected chi connectivity index (χ1v) is 7.26. The van der Waals surface area contributed by atoms with E-state index < -0.39 is 6.10 Å². The van der Waals surface area contributed by atoms with E-state index in [1.807, 2.05) is 30.3 Å². The number of benzene rings is 2. The van der Waals surface area contributed by atoms with Crippen molar-refractivity contribution in [2.75, 3.05) is 6.79 Å². The van der Waals surface area contributed by atoms with Gasteiger partial charge in [0.25, 0.3) is 0 Å². The molecule has 1 atom stereocenters. The van der Waals surface area contributed by atoms with E-state index in [4.69, 9.17) is 9.47 Å². The zero-order valence-electron chi connectivity index (χ0n) is 11.1. The van der Waals surface area contributed by atoms with Crippen molar-refractivity contribution in [3.8, 4) is 11.5 Å². The molecule has 1 aliphatic rings. The largest absolute Gasteiger partial charge is 0.454 e. The third-order valence-corrected chi connectivity index (χ3v) is 4.10. The highest BCUT2D eigenvalue weighted by Gasteiger charge is 2.20. The number of ether oxygens (including phenoxy) is 2. The maximum Gasteiger partial charge on any atom is 0.231 e. The highest BCUT2D eigenvalue weighted by Crippen LogP contribution is 2.41. The molecule has 3 rings (SSSR count). The predicted molar refractivity (Wildman–Crippen MR) is 80.1 cm³/mol. The summed E-state index contributed by atoms with van der Waals surface area (Å²) >= 11 is 3.45. The van der Waals surface area contributed by atoms with Crippen molar-refractivity contribution in [2.45, 2.75) is 19.4 Å². The Bertz CT molecular complexity index is 640. The van der Waals surface area contributed by atoms with E-state index in [-0.39, 0.29) is 6.79 Å². The van der Waals surface area contributed by atoms with Crippen molar-refractivity contribution >= 4 is 15.9 Å². The lowest BCUT2D eigenvalue weighted by molar-refractivity contribution is 0.171. The van der Waals surface area contributed by atoms with Crippen molar-refractivity contribution in [3.63, 3.8) is 0 Å². The highest BCUT2D eigenvalue weighted by molar-refractivity contribution is 9.10. The molecule has 0 fully saturated rings. The number of aliphatic hydroxyl groups excluding tert-OH is 1. The molecule has 0 radical (unpaired) electrons. The minimum atomic E-state index is -0.568. The monoisotopic (exact) mass is 334 g/mol. The molecule has 0 aliphatic carbocycles. The van der Waals surface area contributed by atoms with Crippen molar-refractivity contribution < 1.29 is 14.6 Å². The van der Waals surface area contributed by atoms with Gasteiger partial charge in [-0.15, -0.1) is 0 Å². The molecule has 1 heterocycles. The topological polar surface area (TPSA) is 38.7 Å². The Morgan fingerprint density at radius 2 is 2.05 bits per heavy atom. The van der Waals surface area contributed by atoms with Gasteiger partial charge in [0.1, 0.15) is 0 Å². The van der Waals surface area contributed by atoms with Crippen LogP contribution in [-0.2, 0) is 6.42 Å². The summed E-state index contributed by atoms with van der Waals surface area (Å²) in [5, 5.41) is 10.4. The third-order valence-electron chi connectivity index (χ3n) is 3.51. The first-order chi connectivity index (χ1) is 9.65. The second-order valence-corrected chi connectivity index (χ2v) is 5.74. The van der Waals surface area contributed by atoms with Gasteiger partial charge < -0.3 is 14.6 Å². The summed E-state index contributed by atoms with van der Waals surface area (Å²) < 4.78 is 11.5. The lowest BCUT2D eigenvalue weighted by Crippen LogP contribution is -2.03. The Kier molecular flexibility index (Phi) is 3.68. The molecule has 20 heavy (non-hydrogen) atoms. The van der Waals surface area contributed by atoms with Crippen molar-refractivity contribution in [2.24, 2.45) is 0 Å². The Morgan fingerprint density at radius 1 is 1.25 bits per heavy atom. The summed E-state index contributed by atoms with van der Waals surface area (Å²) in [5.74, 6) is 1.38. The van der Waals surface area contributed by atoms with E-state index in [9.17, 15) is 5.11 Å². The number of aliphatic hydroxyl groups is 1. The van der Waals surface area contributed by atoms with Crippen LogP contribution >= 0.6 is 15.9 Å². The van der Waals surface area contributed by atoms with Gasteiger partial charge in [0.05, 0.1) is 10.6 Å². The van der Waals surface area contributed by atoms with Crippen LogP contribution in [0.3, 0.4) is 0 Å². The average molecular weight is 335 g/mol. The summed E-state index contributed by atoms with van der Waals surface area (Å²) in [4.78, 5) is 0. The first kappa shape index (κ1) is 13.5. The van der Waals surface area contributed by atoms with Crippen LogP contribution in [0.5, 0.6) is 11.5 Å². The van der Waals surface area contributed by atoms with Gasteiger partial charge in [-0.1, -0.05) is 24.3 Å². The number of hydrogen-bond donors (Lipinski definition) is 1. The van der Waals surface area contributed by atoms with Crippen LogP contribution in [0.15, 0.2) is 40.9 Å². The van der Waals surface area contributed by atoms with Gasteiger partial charge in [-0.25, -0.2) is 0 Å². The summed E-state index contributed by atoms with van der Waals surface area (Å²) in [6.07, 6.45) is 0.0144. The minimum absolute atomic E-state index is 0.227. The quantitative estimate of drug-likeness (QED) is 0.928. The molecule has 0 aromatic heterocycles. The number of fused-ring (bicyclic) bond motifs is 1. The normalized spacial score (nSPS) is 14.3. The summed E-state index contributed by atoms with van der Waals surface area (Å²) in [6, 6.07) is 11.8. The van der Waals surface area contributed by atoms with Crippen LogP contribution in [0.2, 0.25) is 0 Å². The van der Waals surface area contributed by atoms with Crippen molar-refractivity contribution in [1.82, 2.24) is 0 Å². The molecule has 0 bridgehead atoms. The van der Waals surface area contributed by atoms with E-state index in [2.05, 4.69) is 28.9 Å². The average Bonchev–Trinajstić information content (AvgIpc) is 2.90. The second-order valence-electron chi connectivity index (χ2n) is 4.88. The van der Waals surface area contributed by atoms with E-state index >= 15 is 0 Å². The molecule has 4 heteroatoms. The van der Waals surface area contributed by atoms with Gasteiger partial charge in [0.2, 0.25) is 6.79 Å². The molecule has 0 spiro atoms. The van der Waals surface area contributed by atoms with E-state index in [1.165, 1.54) is 5.56 Å². The Morgan fingerprint density at radius 3 is 2.85 bits per heavy atom. The summed E-state index contributed by atoms with van der Waals surface area (Å²) in [5.41, 5.74) is 3.16. The van der Waals surface area contributed by atoms with Gasteiger partial charge in [-0.3, -0.25) is 0 Å². The van der Waals surface area contributed by atoms with Crippen LogP contribution in [0.4, 0.5) is 0 Å². The van der Waals surface area contributed by atoms with Gasteiger partial charge in [0, 0.05) is 6.42 Å². The van der Waals surface area contributed by atoms with Crippen LogP contribution in [0.25, 0.3) is 0 Å². The lowest BCUT2D eigenvalue weighted by atomic mass is 9.98. The number of aryl methyl sites for hydroxylation is 1. The molecule has 2 aromatic rings. The summed E-state index contributed by atoms with van der Waals surface area (Å²) in [6.45, 7) is 2.28. The Balaban J connectivity index is 1.86. The molecule has 1 aliphatic heterocycles. The maximum atomic E-state index is 10.4. The molecule has 3 nitrogen and oxygen atoms in total. The zero-order chi connectivity index (χ0) is 14.1. The SMILES string of the molecule is Cc1ccccc1CC(O)c1cc(Br)c2c(c1)OCO2. The molecule has 1 unspecified atom stereocenters. The summed E-state index contributed by atoms with van der Waals surface area (Å²) in [7, 11) is 0. The molecular weight excluding hydrogens is 320 g/mol. The van der Waals surface area contributed by atoms with E-state index in [0.29, 0.717) is 17.9 Å². The fourth-order valence-electron chi connectivity index (χ4n) is 2.34. The fourth-order valence-corrected chi connectivity index (χ4v) is 2.92. The van der Waals surface area contributed by atoms with Gasteiger partial charge >= 0.3 is 0 Å². The predicted octanol–water partition coefficient (Wildman–Crippen LogP) is 3.76. The van der Waals surface area contributed by atoms with Crippen LogP contribution in [-0.4, -0.2) is 11.9 Å². The smallest absolute Gasteiger partial charge is 0.231 e. The molecule has 104 valence electrons. The zero-order valence-corrected chi connectivity index (χ0v) is 12.7. The molecule has 0 amide bonds. The third kappa shape index (κ3) is 2.53. The van der Waals surface area contributed by atoms with Gasteiger partial charge in [-0.2, -0.15) is 0 Å². The van der Waals surface area contributed by atoms with E-state index in [1.54, 1.807) is 0 Å². The maximum absolute atomic E-state index is 10.4. The number of hydrogen-bond acceptors (Lipinski definition) is 3. The van der Waals surface area contributed by atoms with Crippen LogP contribution in [0, 0.1) is 6.92 Å². The van der Waals surface area contributed by atoms with Gasteiger partial charge in [-0.05, 0) is 51.7 Å². The first-order valence-electron chi connectivity index (χ1n) is 6.47. The Labute approximate surface area is 126 Å². The molecule has 2 aromatic carbocycles. The highest BCUT2D eigenvalue weighted by atomic mass is 79.9. The molecular formula is C16H15BrO3. The molecule has 1 N–H and O–H groups in total. The van der Waals surface area contributed by atoms with Crippen molar-refractivity contribution in [1.29, 1.82) is 0 Å².